The number of nitrogens with zero attached hydrogens (tertiary/aromatic N) is 2. The molecule has 220 valence electrons. The summed E-state index contributed by atoms with van der Waals surface area (Å²) < 4.78 is 33.9. The molecule has 41 heavy (non-hydrogen) atoms. The zero-order chi connectivity index (χ0) is 30.3. The quantitative estimate of drug-likeness (QED) is 0.261. The van der Waals surface area contributed by atoms with Crippen LogP contribution >= 0.6 is 34.8 Å². The molecule has 0 fully saturated rings. The number of sulfonamides is 1. The SMILES string of the molecule is COc1ccc(S(=O)(=O)N(CC(=O)N(Cc2ccc(Cl)cc2Cl)[C@H](C)C(=O)NCC(C)C)c2cccc(Cl)c2)cc1. The molecule has 1 N–H and O–H groups in total. The summed E-state index contributed by atoms with van der Waals surface area (Å²) in [5.41, 5.74) is 0.725. The summed E-state index contributed by atoms with van der Waals surface area (Å²) in [6, 6.07) is 15.9. The molecule has 0 unspecified atom stereocenters. The summed E-state index contributed by atoms with van der Waals surface area (Å²) in [5, 5.41) is 3.85. The van der Waals surface area contributed by atoms with E-state index < -0.39 is 28.5 Å². The van der Waals surface area contributed by atoms with Crippen molar-refractivity contribution in [1.82, 2.24) is 10.2 Å². The van der Waals surface area contributed by atoms with E-state index in [1.807, 2.05) is 13.8 Å². The molecule has 2 amide bonds. The Bertz CT molecular complexity index is 1480. The van der Waals surface area contributed by atoms with Gasteiger partial charge in [-0.25, -0.2) is 8.42 Å². The van der Waals surface area contributed by atoms with Crippen LogP contribution in [0.3, 0.4) is 0 Å². The second-order valence-electron chi connectivity index (χ2n) is 9.74. The topological polar surface area (TPSA) is 96.0 Å². The molecule has 0 aliphatic rings. The average Bonchev–Trinajstić information content (AvgIpc) is 2.93. The summed E-state index contributed by atoms with van der Waals surface area (Å²) in [6.45, 7) is 5.23. The van der Waals surface area contributed by atoms with Gasteiger partial charge in [-0.1, -0.05) is 60.8 Å². The number of hydrogen-bond acceptors (Lipinski definition) is 5. The van der Waals surface area contributed by atoms with Crippen molar-refractivity contribution in [2.24, 2.45) is 5.92 Å². The number of methoxy groups -OCH3 is 1. The number of amides is 2. The molecular weight excluding hydrogens is 609 g/mol. The smallest absolute Gasteiger partial charge is 0.264 e. The van der Waals surface area contributed by atoms with Crippen molar-refractivity contribution in [1.29, 1.82) is 0 Å². The molecule has 0 spiro atoms. The van der Waals surface area contributed by atoms with Crippen LogP contribution in [-0.4, -0.2) is 51.4 Å². The lowest BCUT2D eigenvalue weighted by Gasteiger charge is -2.32. The van der Waals surface area contributed by atoms with E-state index in [1.54, 1.807) is 37.3 Å². The Kier molecular flexibility index (Phi) is 11.3. The molecule has 0 heterocycles. The Hall–Kier alpha value is -2.98. The number of rotatable bonds is 12. The number of carbonyl (C=O) groups excluding carboxylic acids is 2. The van der Waals surface area contributed by atoms with Crippen LogP contribution in [0, 0.1) is 5.92 Å². The molecule has 0 radical (unpaired) electrons. The zero-order valence-corrected chi connectivity index (χ0v) is 26.2. The van der Waals surface area contributed by atoms with Gasteiger partial charge in [0.05, 0.1) is 17.7 Å². The molecule has 0 bridgehead atoms. The summed E-state index contributed by atoms with van der Waals surface area (Å²) in [4.78, 5) is 28.3. The van der Waals surface area contributed by atoms with Gasteiger partial charge in [0, 0.05) is 28.2 Å². The number of ether oxygens (including phenoxy) is 1. The third-order valence-electron chi connectivity index (χ3n) is 6.23. The number of hydrogen-bond donors (Lipinski definition) is 1. The molecule has 0 saturated carbocycles. The Morgan fingerprint density at radius 1 is 0.927 bits per heavy atom. The Morgan fingerprint density at radius 2 is 1.59 bits per heavy atom. The lowest BCUT2D eigenvalue weighted by molar-refractivity contribution is -0.139. The second-order valence-corrected chi connectivity index (χ2v) is 12.9. The Balaban J connectivity index is 2.04. The minimum absolute atomic E-state index is 0.0545. The molecule has 0 saturated heterocycles. The summed E-state index contributed by atoms with van der Waals surface area (Å²) in [7, 11) is -2.78. The molecule has 12 heteroatoms. The lowest BCUT2D eigenvalue weighted by atomic mass is 10.1. The summed E-state index contributed by atoms with van der Waals surface area (Å²) in [5.74, 6) is -0.347. The van der Waals surface area contributed by atoms with E-state index in [-0.39, 0.29) is 34.0 Å². The van der Waals surface area contributed by atoms with Crippen molar-refractivity contribution < 1.29 is 22.7 Å². The zero-order valence-electron chi connectivity index (χ0n) is 23.1. The highest BCUT2D eigenvalue weighted by Gasteiger charge is 2.33. The first-order valence-corrected chi connectivity index (χ1v) is 15.3. The van der Waals surface area contributed by atoms with Crippen LogP contribution in [0.25, 0.3) is 0 Å². The van der Waals surface area contributed by atoms with E-state index in [1.165, 1.54) is 48.4 Å². The molecule has 3 aromatic carbocycles. The number of benzene rings is 3. The van der Waals surface area contributed by atoms with Crippen LogP contribution in [0.1, 0.15) is 26.3 Å². The Labute approximate surface area is 256 Å². The fourth-order valence-corrected chi connectivity index (χ4v) is 5.96. The van der Waals surface area contributed by atoms with Crippen molar-refractivity contribution in [2.75, 3.05) is 24.5 Å². The maximum atomic E-state index is 14.0. The largest absolute Gasteiger partial charge is 0.497 e. The number of halogens is 3. The van der Waals surface area contributed by atoms with Gasteiger partial charge in [0.15, 0.2) is 0 Å². The monoisotopic (exact) mass is 639 g/mol. The first-order chi connectivity index (χ1) is 19.3. The lowest BCUT2D eigenvalue weighted by Crippen LogP contribution is -2.51. The molecule has 1 atom stereocenters. The normalized spacial score (nSPS) is 12.1. The molecule has 3 aromatic rings. The van der Waals surface area contributed by atoms with Crippen molar-refractivity contribution >= 4 is 62.3 Å². The predicted octanol–water partition coefficient (Wildman–Crippen LogP) is 6.04. The maximum absolute atomic E-state index is 14.0. The predicted molar refractivity (Wildman–Crippen MR) is 163 cm³/mol. The molecule has 0 aromatic heterocycles. The minimum atomic E-state index is -4.25. The highest BCUT2D eigenvalue weighted by molar-refractivity contribution is 7.92. The van der Waals surface area contributed by atoms with Gasteiger partial charge < -0.3 is 15.0 Å². The third kappa shape index (κ3) is 8.52. The van der Waals surface area contributed by atoms with Gasteiger partial charge in [-0.2, -0.15) is 0 Å². The molecule has 8 nitrogen and oxygen atoms in total. The van der Waals surface area contributed by atoms with E-state index in [9.17, 15) is 18.0 Å². The Morgan fingerprint density at radius 3 is 2.17 bits per heavy atom. The van der Waals surface area contributed by atoms with E-state index >= 15 is 0 Å². The number of carbonyl (C=O) groups is 2. The van der Waals surface area contributed by atoms with Crippen molar-refractivity contribution in [3.05, 3.63) is 87.4 Å². The van der Waals surface area contributed by atoms with Crippen molar-refractivity contribution in [3.63, 3.8) is 0 Å². The van der Waals surface area contributed by atoms with Crippen LogP contribution in [0.4, 0.5) is 5.69 Å². The van der Waals surface area contributed by atoms with Gasteiger partial charge >= 0.3 is 0 Å². The van der Waals surface area contributed by atoms with E-state index in [0.717, 1.165) is 4.31 Å². The summed E-state index contributed by atoms with van der Waals surface area (Å²) >= 11 is 18.7. The first kappa shape index (κ1) is 32.5. The van der Waals surface area contributed by atoms with Gasteiger partial charge in [-0.15, -0.1) is 0 Å². The van der Waals surface area contributed by atoms with Crippen LogP contribution in [0.2, 0.25) is 15.1 Å². The highest BCUT2D eigenvalue weighted by Crippen LogP contribution is 2.28. The second kappa shape index (κ2) is 14.3. The van der Waals surface area contributed by atoms with Gasteiger partial charge in [0.25, 0.3) is 10.0 Å². The molecule has 3 rings (SSSR count). The fraction of sp³-hybridized carbons (Fsp3) is 0.310. The van der Waals surface area contributed by atoms with Crippen molar-refractivity contribution in [3.8, 4) is 5.75 Å². The fourth-order valence-electron chi connectivity index (χ4n) is 3.90. The molecule has 0 aliphatic heterocycles. The van der Waals surface area contributed by atoms with Crippen LogP contribution < -0.4 is 14.4 Å². The van der Waals surface area contributed by atoms with Gasteiger partial charge in [0.2, 0.25) is 11.8 Å². The van der Waals surface area contributed by atoms with E-state index in [2.05, 4.69) is 5.32 Å². The molecule has 0 aliphatic carbocycles. The highest BCUT2D eigenvalue weighted by atomic mass is 35.5. The maximum Gasteiger partial charge on any atom is 0.264 e. The number of anilines is 1. The van der Waals surface area contributed by atoms with Crippen LogP contribution in [0.5, 0.6) is 5.75 Å². The third-order valence-corrected chi connectivity index (χ3v) is 8.84. The average molecular weight is 641 g/mol. The minimum Gasteiger partial charge on any atom is -0.497 e. The van der Waals surface area contributed by atoms with Gasteiger partial charge in [0.1, 0.15) is 18.3 Å². The van der Waals surface area contributed by atoms with Crippen LogP contribution in [0.15, 0.2) is 71.6 Å². The number of nitrogens with one attached hydrogen (secondary N) is 1. The van der Waals surface area contributed by atoms with Crippen LogP contribution in [-0.2, 0) is 26.2 Å². The van der Waals surface area contributed by atoms with E-state index in [4.69, 9.17) is 39.5 Å². The first-order valence-electron chi connectivity index (χ1n) is 12.8. The van der Waals surface area contributed by atoms with E-state index in [0.29, 0.717) is 27.9 Å². The molecular formula is C29H32Cl3N3O5S. The van der Waals surface area contributed by atoms with Gasteiger partial charge in [-0.05, 0) is 73.0 Å². The standard InChI is InChI=1S/C29H32Cl3N3O5S/c1-19(2)16-33-29(37)20(3)34(17-21-8-9-23(31)15-27(21)32)28(36)18-35(24-7-5-6-22(30)14-24)41(38,39)26-12-10-25(40-4)11-13-26/h5-15,19-20H,16-18H2,1-4H3,(H,33,37)/t20-/m1/s1. The van der Waals surface area contributed by atoms with Crippen molar-refractivity contribution in [2.45, 2.75) is 38.3 Å². The van der Waals surface area contributed by atoms with Gasteiger partial charge in [-0.3, -0.25) is 13.9 Å². The summed E-state index contributed by atoms with van der Waals surface area (Å²) in [6.07, 6.45) is 0.